The Hall–Kier alpha value is -1.43. The molecule has 0 radical (unpaired) electrons. The van der Waals surface area contributed by atoms with Gasteiger partial charge in [-0.05, 0) is 24.6 Å². The van der Waals surface area contributed by atoms with Crippen LogP contribution in [0, 0.1) is 18.6 Å². The first-order chi connectivity index (χ1) is 9.63. The summed E-state index contributed by atoms with van der Waals surface area (Å²) in [5.74, 6) is 4.28. The molecule has 2 aromatic rings. The van der Waals surface area contributed by atoms with Crippen LogP contribution in [0.4, 0.5) is 8.78 Å². The summed E-state index contributed by atoms with van der Waals surface area (Å²) in [4.78, 5) is 1.10. The summed E-state index contributed by atoms with van der Waals surface area (Å²) >= 11 is 1.56. The number of thioether (sulfide) groups is 1. The van der Waals surface area contributed by atoms with Gasteiger partial charge in [-0.1, -0.05) is 30.3 Å². The SMILES string of the molecule is Cc1ccccc1SCC(NN)c1cccc(F)c1F. The first-order valence-corrected chi connectivity index (χ1v) is 7.20. The lowest BCUT2D eigenvalue weighted by Gasteiger charge is -2.17. The largest absolute Gasteiger partial charge is 0.271 e. The summed E-state index contributed by atoms with van der Waals surface area (Å²) in [5, 5.41) is 0. The molecule has 0 aliphatic rings. The highest BCUT2D eigenvalue weighted by Gasteiger charge is 2.17. The molecule has 0 saturated heterocycles. The first kappa shape index (κ1) is 15.0. The fourth-order valence-electron chi connectivity index (χ4n) is 1.91. The Bertz CT molecular complexity index is 590. The number of hydrogen-bond acceptors (Lipinski definition) is 3. The van der Waals surface area contributed by atoms with Gasteiger partial charge in [0, 0.05) is 16.2 Å². The zero-order valence-corrected chi connectivity index (χ0v) is 11.9. The Labute approximate surface area is 121 Å². The Kier molecular flexibility index (Phi) is 5.11. The van der Waals surface area contributed by atoms with Gasteiger partial charge in [0.2, 0.25) is 0 Å². The van der Waals surface area contributed by atoms with Crippen molar-refractivity contribution in [1.82, 2.24) is 5.43 Å². The van der Waals surface area contributed by atoms with Gasteiger partial charge in [0.25, 0.3) is 0 Å². The van der Waals surface area contributed by atoms with Gasteiger partial charge in [0.1, 0.15) is 0 Å². The third-order valence-corrected chi connectivity index (χ3v) is 4.33. The van der Waals surface area contributed by atoms with Crippen LogP contribution in [0.15, 0.2) is 47.4 Å². The highest BCUT2D eigenvalue weighted by atomic mass is 32.2. The second-order valence-corrected chi connectivity index (χ2v) is 5.50. The van der Waals surface area contributed by atoms with Crippen LogP contribution in [0.3, 0.4) is 0 Å². The molecular formula is C15H16F2N2S. The molecule has 2 nitrogen and oxygen atoms in total. The van der Waals surface area contributed by atoms with Gasteiger partial charge >= 0.3 is 0 Å². The van der Waals surface area contributed by atoms with E-state index < -0.39 is 17.7 Å². The van der Waals surface area contributed by atoms with Crippen molar-refractivity contribution in [3.8, 4) is 0 Å². The smallest absolute Gasteiger partial charge is 0.163 e. The zero-order chi connectivity index (χ0) is 14.5. The number of benzene rings is 2. The molecule has 2 rings (SSSR count). The molecule has 0 heterocycles. The molecule has 0 saturated carbocycles. The molecule has 0 aromatic heterocycles. The van der Waals surface area contributed by atoms with Gasteiger partial charge < -0.3 is 0 Å². The predicted molar refractivity (Wildman–Crippen MR) is 78.3 cm³/mol. The monoisotopic (exact) mass is 294 g/mol. The number of rotatable bonds is 5. The summed E-state index contributed by atoms with van der Waals surface area (Å²) in [7, 11) is 0. The van der Waals surface area contributed by atoms with E-state index in [4.69, 9.17) is 5.84 Å². The summed E-state index contributed by atoms with van der Waals surface area (Å²) in [6, 6.07) is 11.6. The molecule has 0 spiro atoms. The number of nitrogens with two attached hydrogens (primary N) is 1. The summed E-state index contributed by atoms with van der Waals surface area (Å²) in [6.45, 7) is 2.01. The minimum absolute atomic E-state index is 0.244. The fourth-order valence-corrected chi connectivity index (χ4v) is 3.00. The van der Waals surface area contributed by atoms with Crippen molar-refractivity contribution in [2.75, 3.05) is 5.75 Å². The second-order valence-electron chi connectivity index (χ2n) is 4.44. The Morgan fingerprint density at radius 2 is 1.90 bits per heavy atom. The van der Waals surface area contributed by atoms with Crippen LogP contribution in [0.25, 0.3) is 0 Å². The zero-order valence-electron chi connectivity index (χ0n) is 11.1. The van der Waals surface area contributed by atoms with E-state index in [0.29, 0.717) is 5.75 Å². The van der Waals surface area contributed by atoms with Gasteiger partial charge in [-0.15, -0.1) is 11.8 Å². The first-order valence-electron chi connectivity index (χ1n) is 6.22. The van der Waals surface area contributed by atoms with E-state index in [2.05, 4.69) is 5.43 Å². The standard InChI is InChI=1S/C15H16F2N2S/c1-10-5-2-3-8-14(10)20-9-13(19-18)11-6-4-7-12(16)15(11)17/h2-8,13,19H,9,18H2,1H3. The van der Waals surface area contributed by atoms with E-state index in [1.54, 1.807) is 17.8 Å². The molecule has 0 aliphatic heterocycles. The van der Waals surface area contributed by atoms with Crippen molar-refractivity contribution in [3.63, 3.8) is 0 Å². The van der Waals surface area contributed by atoms with Crippen molar-refractivity contribution in [2.24, 2.45) is 5.84 Å². The fraction of sp³-hybridized carbons (Fsp3) is 0.200. The maximum Gasteiger partial charge on any atom is 0.163 e. The molecule has 3 N–H and O–H groups in total. The molecule has 0 aliphatic carbocycles. The predicted octanol–water partition coefficient (Wildman–Crippen LogP) is 3.57. The Balaban J connectivity index is 2.14. The van der Waals surface area contributed by atoms with Crippen molar-refractivity contribution >= 4 is 11.8 Å². The number of aryl methyl sites for hydroxylation is 1. The van der Waals surface area contributed by atoms with Crippen LogP contribution in [0.1, 0.15) is 17.2 Å². The van der Waals surface area contributed by atoms with Crippen molar-refractivity contribution in [3.05, 3.63) is 65.2 Å². The normalized spacial score (nSPS) is 12.4. The highest BCUT2D eigenvalue weighted by molar-refractivity contribution is 7.99. The lowest BCUT2D eigenvalue weighted by atomic mass is 10.1. The molecule has 20 heavy (non-hydrogen) atoms. The Morgan fingerprint density at radius 3 is 2.60 bits per heavy atom. The molecule has 0 bridgehead atoms. The average molecular weight is 294 g/mol. The lowest BCUT2D eigenvalue weighted by molar-refractivity contribution is 0.478. The average Bonchev–Trinajstić information content (AvgIpc) is 2.45. The molecule has 106 valence electrons. The maximum atomic E-state index is 13.8. The van der Waals surface area contributed by atoms with Gasteiger partial charge in [0.05, 0.1) is 6.04 Å². The Morgan fingerprint density at radius 1 is 1.15 bits per heavy atom. The summed E-state index contributed by atoms with van der Waals surface area (Å²) < 4.78 is 27.0. The van der Waals surface area contributed by atoms with E-state index in [1.165, 1.54) is 6.07 Å². The van der Waals surface area contributed by atoms with Gasteiger partial charge in [-0.2, -0.15) is 0 Å². The summed E-state index contributed by atoms with van der Waals surface area (Å²) in [5.41, 5.74) is 3.94. The van der Waals surface area contributed by atoms with Crippen LogP contribution in [-0.4, -0.2) is 5.75 Å². The molecule has 1 atom stereocenters. The topological polar surface area (TPSA) is 38.0 Å². The molecule has 1 unspecified atom stereocenters. The number of hydrazine groups is 1. The molecule has 2 aromatic carbocycles. The highest BCUT2D eigenvalue weighted by Crippen LogP contribution is 2.28. The third kappa shape index (κ3) is 3.36. The van der Waals surface area contributed by atoms with Crippen molar-refractivity contribution < 1.29 is 8.78 Å². The van der Waals surface area contributed by atoms with Crippen LogP contribution in [0.5, 0.6) is 0 Å². The lowest BCUT2D eigenvalue weighted by Crippen LogP contribution is -2.30. The van der Waals surface area contributed by atoms with Crippen LogP contribution in [-0.2, 0) is 0 Å². The third-order valence-electron chi connectivity index (χ3n) is 3.06. The molecule has 0 fully saturated rings. The number of halogens is 2. The van der Waals surface area contributed by atoms with Gasteiger partial charge in [0.15, 0.2) is 11.6 Å². The number of hydrogen-bond donors (Lipinski definition) is 2. The van der Waals surface area contributed by atoms with Crippen molar-refractivity contribution in [1.29, 1.82) is 0 Å². The van der Waals surface area contributed by atoms with Crippen molar-refractivity contribution in [2.45, 2.75) is 17.9 Å². The molecule has 0 amide bonds. The second kappa shape index (κ2) is 6.83. The summed E-state index contributed by atoms with van der Waals surface area (Å²) in [6.07, 6.45) is 0. The maximum absolute atomic E-state index is 13.8. The van der Waals surface area contributed by atoms with E-state index in [0.717, 1.165) is 16.5 Å². The van der Waals surface area contributed by atoms with Gasteiger partial charge in [-0.3, -0.25) is 11.3 Å². The van der Waals surface area contributed by atoms with Crippen LogP contribution in [0.2, 0.25) is 0 Å². The quantitative estimate of drug-likeness (QED) is 0.503. The molecule has 5 heteroatoms. The minimum Gasteiger partial charge on any atom is -0.271 e. The van der Waals surface area contributed by atoms with E-state index >= 15 is 0 Å². The number of nitrogens with one attached hydrogen (secondary N) is 1. The van der Waals surface area contributed by atoms with Crippen LogP contribution >= 0.6 is 11.8 Å². The van der Waals surface area contributed by atoms with E-state index in [1.807, 2.05) is 31.2 Å². The van der Waals surface area contributed by atoms with Gasteiger partial charge in [-0.25, -0.2) is 8.78 Å². The minimum atomic E-state index is -0.858. The van der Waals surface area contributed by atoms with E-state index in [-0.39, 0.29) is 5.56 Å². The molecular weight excluding hydrogens is 278 g/mol. The van der Waals surface area contributed by atoms with E-state index in [9.17, 15) is 8.78 Å². The van der Waals surface area contributed by atoms with Crippen LogP contribution < -0.4 is 11.3 Å².